The van der Waals surface area contributed by atoms with Crippen LogP contribution in [0.1, 0.15) is 11.8 Å². The van der Waals surface area contributed by atoms with Crippen LogP contribution in [-0.4, -0.2) is 33.4 Å². The molecule has 0 amide bonds. The zero-order chi connectivity index (χ0) is 17.1. The van der Waals surface area contributed by atoms with Gasteiger partial charge in [-0.2, -0.15) is 0 Å². The standard InChI is InChI=1S/C18H20BrClN2O2/c1-22(2)14-6-3-12(4-7-14)18-21-10-15(24-18)11-23-17-8-5-13(19)9-16(17)20/h3-9,15,18,21H,10-11H2,1-2H3/t15-,18-/m1/s1. The van der Waals surface area contributed by atoms with Gasteiger partial charge in [-0.1, -0.05) is 39.7 Å². The monoisotopic (exact) mass is 410 g/mol. The van der Waals surface area contributed by atoms with Gasteiger partial charge in [0.1, 0.15) is 24.7 Å². The van der Waals surface area contributed by atoms with Crippen LogP contribution < -0.4 is 15.0 Å². The molecule has 1 fully saturated rings. The van der Waals surface area contributed by atoms with Crippen LogP contribution in [0.15, 0.2) is 46.9 Å². The molecule has 1 aliphatic rings. The minimum Gasteiger partial charge on any atom is -0.489 e. The molecule has 1 saturated heterocycles. The van der Waals surface area contributed by atoms with E-state index in [1.165, 1.54) is 5.69 Å². The Bertz CT molecular complexity index is 694. The molecule has 128 valence electrons. The topological polar surface area (TPSA) is 33.7 Å². The number of hydrogen-bond acceptors (Lipinski definition) is 4. The first-order valence-electron chi connectivity index (χ1n) is 7.77. The van der Waals surface area contributed by atoms with Gasteiger partial charge >= 0.3 is 0 Å². The number of halogens is 2. The average Bonchev–Trinajstić information content (AvgIpc) is 3.03. The lowest BCUT2D eigenvalue weighted by molar-refractivity contribution is 0.0159. The Morgan fingerprint density at radius 2 is 2.00 bits per heavy atom. The van der Waals surface area contributed by atoms with Gasteiger partial charge in [-0.05, 0) is 35.9 Å². The van der Waals surface area contributed by atoms with E-state index in [0.717, 1.165) is 16.6 Å². The van der Waals surface area contributed by atoms with Gasteiger partial charge in [0.25, 0.3) is 0 Å². The van der Waals surface area contributed by atoms with Crippen molar-refractivity contribution in [2.75, 3.05) is 32.1 Å². The third-order valence-electron chi connectivity index (χ3n) is 3.89. The Labute approximate surface area is 155 Å². The third kappa shape index (κ3) is 4.22. The number of hydrogen-bond donors (Lipinski definition) is 1. The van der Waals surface area contributed by atoms with Crippen molar-refractivity contribution in [3.05, 3.63) is 57.5 Å². The Balaban J connectivity index is 1.55. The Hall–Kier alpha value is -1.27. The Morgan fingerprint density at radius 3 is 2.67 bits per heavy atom. The van der Waals surface area contributed by atoms with Crippen molar-refractivity contribution < 1.29 is 9.47 Å². The molecule has 0 spiro atoms. The summed E-state index contributed by atoms with van der Waals surface area (Å²) >= 11 is 9.55. The second-order valence-electron chi connectivity index (χ2n) is 5.92. The van der Waals surface area contributed by atoms with Gasteiger partial charge in [0.2, 0.25) is 0 Å². The van der Waals surface area contributed by atoms with Gasteiger partial charge in [0.05, 0.1) is 5.02 Å². The van der Waals surface area contributed by atoms with Gasteiger partial charge in [-0.15, -0.1) is 0 Å². The summed E-state index contributed by atoms with van der Waals surface area (Å²) in [6.45, 7) is 1.20. The minimum atomic E-state index is -0.102. The van der Waals surface area contributed by atoms with E-state index in [-0.39, 0.29) is 12.3 Å². The number of rotatable bonds is 5. The normalized spacial score (nSPS) is 20.2. The molecular weight excluding hydrogens is 392 g/mol. The summed E-state index contributed by atoms with van der Waals surface area (Å²) in [6, 6.07) is 13.9. The summed E-state index contributed by atoms with van der Waals surface area (Å²) in [5.74, 6) is 0.669. The minimum absolute atomic E-state index is 0.0109. The summed E-state index contributed by atoms with van der Waals surface area (Å²) < 4.78 is 12.7. The van der Waals surface area contributed by atoms with Crippen molar-refractivity contribution in [1.82, 2.24) is 5.32 Å². The molecule has 0 radical (unpaired) electrons. The molecule has 0 aliphatic carbocycles. The van der Waals surface area contributed by atoms with Crippen LogP contribution >= 0.6 is 27.5 Å². The molecule has 1 heterocycles. The van der Waals surface area contributed by atoms with E-state index in [2.05, 4.69) is 50.4 Å². The fourth-order valence-corrected chi connectivity index (χ4v) is 3.27. The summed E-state index contributed by atoms with van der Waals surface area (Å²) in [7, 11) is 4.06. The maximum atomic E-state index is 6.16. The van der Waals surface area contributed by atoms with E-state index in [4.69, 9.17) is 21.1 Å². The molecule has 2 atom stereocenters. The number of nitrogens with zero attached hydrogens (tertiary/aromatic N) is 1. The summed E-state index contributed by atoms with van der Waals surface area (Å²) in [6.07, 6.45) is -0.113. The molecule has 0 aromatic heterocycles. The molecule has 3 rings (SSSR count). The van der Waals surface area contributed by atoms with Crippen LogP contribution in [-0.2, 0) is 4.74 Å². The van der Waals surface area contributed by atoms with Crippen LogP contribution in [0.25, 0.3) is 0 Å². The molecule has 24 heavy (non-hydrogen) atoms. The molecular formula is C18H20BrClN2O2. The quantitative estimate of drug-likeness (QED) is 0.798. The highest BCUT2D eigenvalue weighted by atomic mass is 79.9. The lowest BCUT2D eigenvalue weighted by Gasteiger charge is -2.16. The molecule has 0 bridgehead atoms. The van der Waals surface area contributed by atoms with Crippen LogP contribution in [0.4, 0.5) is 5.69 Å². The maximum absolute atomic E-state index is 6.16. The summed E-state index contributed by atoms with van der Waals surface area (Å²) in [5, 5.41) is 3.96. The van der Waals surface area contributed by atoms with Gasteiger partial charge in [0, 0.05) is 30.8 Å². The molecule has 1 N–H and O–H groups in total. The highest BCUT2D eigenvalue weighted by Crippen LogP contribution is 2.29. The third-order valence-corrected chi connectivity index (χ3v) is 4.68. The first-order chi connectivity index (χ1) is 11.5. The molecule has 2 aromatic carbocycles. The Kier molecular flexibility index (Phi) is 5.66. The van der Waals surface area contributed by atoms with Crippen molar-refractivity contribution in [1.29, 1.82) is 0 Å². The van der Waals surface area contributed by atoms with Gasteiger partial charge in [0.15, 0.2) is 0 Å². The largest absolute Gasteiger partial charge is 0.489 e. The van der Waals surface area contributed by atoms with Crippen LogP contribution in [0.3, 0.4) is 0 Å². The molecule has 6 heteroatoms. The molecule has 1 aliphatic heterocycles. The van der Waals surface area contributed by atoms with Crippen molar-refractivity contribution in [3.8, 4) is 5.75 Å². The van der Waals surface area contributed by atoms with E-state index >= 15 is 0 Å². The molecule has 2 aromatic rings. The van der Waals surface area contributed by atoms with Gasteiger partial charge in [-0.3, -0.25) is 5.32 Å². The SMILES string of the molecule is CN(C)c1ccc([C@@H]2NC[C@H](COc3ccc(Br)cc3Cl)O2)cc1. The van der Waals surface area contributed by atoms with E-state index in [0.29, 0.717) is 17.4 Å². The second kappa shape index (κ2) is 7.74. The summed E-state index contributed by atoms with van der Waals surface area (Å²) in [5.41, 5.74) is 2.28. The maximum Gasteiger partial charge on any atom is 0.138 e. The van der Waals surface area contributed by atoms with Gasteiger partial charge < -0.3 is 14.4 Å². The number of ether oxygens (including phenoxy) is 2. The predicted molar refractivity (Wildman–Crippen MR) is 101 cm³/mol. The smallest absolute Gasteiger partial charge is 0.138 e. The van der Waals surface area contributed by atoms with Crippen molar-refractivity contribution in [2.45, 2.75) is 12.3 Å². The van der Waals surface area contributed by atoms with Crippen molar-refractivity contribution in [2.24, 2.45) is 0 Å². The summed E-state index contributed by atoms with van der Waals surface area (Å²) in [4.78, 5) is 2.07. The van der Waals surface area contributed by atoms with E-state index in [1.807, 2.05) is 32.3 Å². The average molecular weight is 412 g/mol. The predicted octanol–water partition coefficient (Wildman–Crippen LogP) is 4.23. The van der Waals surface area contributed by atoms with Crippen molar-refractivity contribution in [3.63, 3.8) is 0 Å². The highest BCUT2D eigenvalue weighted by molar-refractivity contribution is 9.10. The van der Waals surface area contributed by atoms with Crippen LogP contribution in [0.5, 0.6) is 5.75 Å². The van der Waals surface area contributed by atoms with Crippen molar-refractivity contribution >= 4 is 33.2 Å². The molecule has 4 nitrogen and oxygen atoms in total. The van der Waals surface area contributed by atoms with Gasteiger partial charge in [-0.25, -0.2) is 0 Å². The highest BCUT2D eigenvalue weighted by Gasteiger charge is 2.26. The Morgan fingerprint density at radius 1 is 1.25 bits per heavy atom. The first kappa shape index (κ1) is 17.5. The zero-order valence-electron chi connectivity index (χ0n) is 13.6. The zero-order valence-corrected chi connectivity index (χ0v) is 16.0. The molecule has 0 saturated carbocycles. The van der Waals surface area contributed by atoms with Crippen LogP contribution in [0.2, 0.25) is 5.02 Å². The number of anilines is 1. The first-order valence-corrected chi connectivity index (χ1v) is 8.94. The lowest BCUT2D eigenvalue weighted by atomic mass is 10.2. The molecule has 0 unspecified atom stereocenters. The van der Waals surface area contributed by atoms with Crippen LogP contribution in [0, 0.1) is 0 Å². The second-order valence-corrected chi connectivity index (χ2v) is 7.24. The number of nitrogens with one attached hydrogen (secondary N) is 1. The van der Waals surface area contributed by atoms with E-state index < -0.39 is 0 Å². The van der Waals surface area contributed by atoms with E-state index in [9.17, 15) is 0 Å². The van der Waals surface area contributed by atoms with E-state index in [1.54, 1.807) is 0 Å². The number of benzene rings is 2. The fourth-order valence-electron chi connectivity index (χ4n) is 2.54. The lowest BCUT2D eigenvalue weighted by Crippen LogP contribution is -2.22. The fraction of sp³-hybridized carbons (Fsp3) is 0.333.